The van der Waals surface area contributed by atoms with E-state index in [1.54, 1.807) is 4.90 Å². The Labute approximate surface area is 114 Å². The molecule has 2 saturated heterocycles. The fraction of sp³-hybridized carbons (Fsp3) is 0.917. The maximum atomic E-state index is 11.9. The maximum absolute atomic E-state index is 11.9. The molecule has 110 valence electrons. The van der Waals surface area contributed by atoms with Crippen LogP contribution in [0.5, 0.6) is 0 Å². The summed E-state index contributed by atoms with van der Waals surface area (Å²) in [6.45, 7) is 7.73. The lowest BCUT2D eigenvalue weighted by Gasteiger charge is -2.25. The molecule has 6 nitrogen and oxygen atoms in total. The fourth-order valence-electron chi connectivity index (χ4n) is 2.70. The summed E-state index contributed by atoms with van der Waals surface area (Å²) < 4.78 is 29.8. The third kappa shape index (κ3) is 3.39. The average molecular weight is 290 g/mol. The zero-order valence-corrected chi connectivity index (χ0v) is 12.7. The van der Waals surface area contributed by atoms with Crippen LogP contribution in [0.3, 0.4) is 0 Å². The number of ether oxygens (including phenoxy) is 1. The summed E-state index contributed by atoms with van der Waals surface area (Å²) >= 11 is 0. The smallest absolute Gasteiger partial charge is 0.410 e. The molecule has 0 N–H and O–H groups in total. The van der Waals surface area contributed by atoms with E-state index in [1.807, 2.05) is 20.8 Å². The van der Waals surface area contributed by atoms with Crippen molar-refractivity contribution in [3.8, 4) is 0 Å². The van der Waals surface area contributed by atoms with E-state index in [0.29, 0.717) is 26.2 Å². The third-order valence-corrected chi connectivity index (χ3v) is 4.81. The highest BCUT2D eigenvalue weighted by atomic mass is 32.2. The summed E-state index contributed by atoms with van der Waals surface area (Å²) in [4.78, 5) is 13.6. The van der Waals surface area contributed by atoms with Crippen LogP contribution in [0.4, 0.5) is 4.79 Å². The molecule has 2 atom stereocenters. The summed E-state index contributed by atoms with van der Waals surface area (Å²) in [5.74, 6) is 0.476. The van der Waals surface area contributed by atoms with Gasteiger partial charge in [-0.3, -0.25) is 0 Å². The lowest BCUT2D eigenvalue weighted by Crippen LogP contribution is -2.38. The van der Waals surface area contributed by atoms with Gasteiger partial charge in [0.2, 0.25) is 10.0 Å². The Kier molecular flexibility index (Phi) is 3.55. The molecule has 0 aliphatic carbocycles. The molecule has 0 spiro atoms. The average Bonchev–Trinajstić information content (AvgIpc) is 2.68. The minimum absolute atomic E-state index is 0.238. The Bertz CT molecular complexity index is 455. The first-order valence-electron chi connectivity index (χ1n) is 6.49. The van der Waals surface area contributed by atoms with Crippen LogP contribution in [0.2, 0.25) is 0 Å². The van der Waals surface area contributed by atoms with Crippen molar-refractivity contribution in [1.82, 2.24) is 9.21 Å². The van der Waals surface area contributed by atoms with Gasteiger partial charge in [0.05, 0.1) is 6.26 Å². The van der Waals surface area contributed by atoms with Crippen LogP contribution >= 0.6 is 0 Å². The molecule has 0 saturated carbocycles. The third-order valence-electron chi connectivity index (χ3n) is 3.57. The van der Waals surface area contributed by atoms with E-state index in [0.717, 1.165) is 0 Å². The molecule has 2 fully saturated rings. The Balaban J connectivity index is 1.93. The molecule has 1 amide bonds. The Morgan fingerprint density at radius 1 is 1.11 bits per heavy atom. The fourth-order valence-corrected chi connectivity index (χ4v) is 3.62. The van der Waals surface area contributed by atoms with Gasteiger partial charge in [-0.1, -0.05) is 0 Å². The molecule has 0 radical (unpaired) electrons. The molecule has 2 aliphatic heterocycles. The number of nitrogens with zero attached hydrogens (tertiary/aromatic N) is 2. The van der Waals surface area contributed by atoms with Gasteiger partial charge in [0.1, 0.15) is 5.60 Å². The number of carbonyl (C=O) groups is 1. The summed E-state index contributed by atoms with van der Waals surface area (Å²) in [7, 11) is -3.11. The topological polar surface area (TPSA) is 66.9 Å². The largest absolute Gasteiger partial charge is 0.444 e. The first-order chi connectivity index (χ1) is 8.56. The summed E-state index contributed by atoms with van der Waals surface area (Å²) in [5.41, 5.74) is -0.492. The van der Waals surface area contributed by atoms with Crippen molar-refractivity contribution >= 4 is 16.1 Å². The second kappa shape index (κ2) is 4.63. The van der Waals surface area contributed by atoms with Crippen molar-refractivity contribution in [2.45, 2.75) is 26.4 Å². The number of likely N-dealkylation sites (tertiary alicyclic amines) is 1. The predicted molar refractivity (Wildman–Crippen MR) is 71.2 cm³/mol. The molecule has 19 heavy (non-hydrogen) atoms. The highest BCUT2D eigenvalue weighted by molar-refractivity contribution is 7.88. The molecule has 0 bridgehead atoms. The minimum Gasteiger partial charge on any atom is -0.444 e. The van der Waals surface area contributed by atoms with E-state index in [1.165, 1.54) is 10.6 Å². The van der Waals surface area contributed by atoms with Gasteiger partial charge in [-0.15, -0.1) is 0 Å². The standard InChI is InChI=1S/C12H22N2O4S/c1-12(2,3)18-11(15)13-5-9-7-14(19(4,16)17)8-10(9)6-13/h9-10H,5-8H2,1-4H3. The van der Waals surface area contributed by atoms with E-state index >= 15 is 0 Å². The summed E-state index contributed by atoms with van der Waals surface area (Å²) in [6.07, 6.45) is 0.937. The van der Waals surface area contributed by atoms with Crippen LogP contribution in [-0.4, -0.2) is 61.8 Å². The van der Waals surface area contributed by atoms with Gasteiger partial charge in [0.15, 0.2) is 0 Å². The van der Waals surface area contributed by atoms with E-state index in [4.69, 9.17) is 4.74 Å². The van der Waals surface area contributed by atoms with E-state index < -0.39 is 15.6 Å². The van der Waals surface area contributed by atoms with E-state index in [2.05, 4.69) is 0 Å². The van der Waals surface area contributed by atoms with Crippen molar-refractivity contribution < 1.29 is 17.9 Å². The number of sulfonamides is 1. The molecule has 2 unspecified atom stereocenters. The molecule has 2 aliphatic rings. The lowest BCUT2D eigenvalue weighted by atomic mass is 10.0. The summed E-state index contributed by atoms with van der Waals surface area (Å²) in [5, 5.41) is 0. The van der Waals surface area contributed by atoms with Crippen molar-refractivity contribution in [3.05, 3.63) is 0 Å². The Morgan fingerprint density at radius 3 is 1.95 bits per heavy atom. The molecular weight excluding hydrogens is 268 g/mol. The number of hydrogen-bond acceptors (Lipinski definition) is 4. The SMILES string of the molecule is CC(C)(C)OC(=O)N1CC2CN(S(C)(=O)=O)CC2C1. The second-order valence-corrected chi connectivity index (χ2v) is 8.47. The van der Waals surface area contributed by atoms with Crippen LogP contribution in [0.1, 0.15) is 20.8 Å². The van der Waals surface area contributed by atoms with E-state index in [9.17, 15) is 13.2 Å². The van der Waals surface area contributed by atoms with Gasteiger partial charge in [-0.05, 0) is 32.6 Å². The highest BCUT2D eigenvalue weighted by Gasteiger charge is 2.44. The maximum Gasteiger partial charge on any atom is 0.410 e. The lowest BCUT2D eigenvalue weighted by molar-refractivity contribution is 0.0279. The Hall–Kier alpha value is -0.820. The van der Waals surface area contributed by atoms with Crippen LogP contribution in [0, 0.1) is 11.8 Å². The first-order valence-corrected chi connectivity index (χ1v) is 8.34. The number of hydrogen-bond donors (Lipinski definition) is 0. The molecule has 7 heteroatoms. The monoisotopic (exact) mass is 290 g/mol. The molecule has 2 rings (SSSR count). The number of rotatable bonds is 1. The Morgan fingerprint density at radius 2 is 1.58 bits per heavy atom. The van der Waals surface area contributed by atoms with Crippen molar-refractivity contribution in [1.29, 1.82) is 0 Å². The first kappa shape index (κ1) is 14.6. The molecule has 0 aromatic heterocycles. The van der Waals surface area contributed by atoms with E-state index in [-0.39, 0.29) is 17.9 Å². The normalized spacial score (nSPS) is 28.5. The van der Waals surface area contributed by atoms with Gasteiger partial charge >= 0.3 is 6.09 Å². The minimum atomic E-state index is -3.11. The van der Waals surface area contributed by atoms with Crippen LogP contribution in [0.15, 0.2) is 0 Å². The van der Waals surface area contributed by atoms with Gasteiger partial charge in [-0.2, -0.15) is 0 Å². The van der Waals surface area contributed by atoms with Crippen molar-refractivity contribution in [2.24, 2.45) is 11.8 Å². The van der Waals surface area contributed by atoms with Crippen LogP contribution in [-0.2, 0) is 14.8 Å². The van der Waals surface area contributed by atoms with Crippen molar-refractivity contribution in [2.75, 3.05) is 32.4 Å². The molecular formula is C12H22N2O4S. The summed E-state index contributed by atoms with van der Waals surface area (Å²) in [6, 6.07) is 0. The number of amides is 1. The number of carbonyl (C=O) groups excluding carboxylic acids is 1. The number of fused-ring (bicyclic) bond motifs is 1. The zero-order valence-electron chi connectivity index (χ0n) is 11.9. The highest BCUT2D eigenvalue weighted by Crippen LogP contribution is 2.32. The van der Waals surface area contributed by atoms with Gasteiger partial charge in [-0.25, -0.2) is 17.5 Å². The molecule has 2 heterocycles. The van der Waals surface area contributed by atoms with Crippen LogP contribution < -0.4 is 0 Å². The zero-order chi connectivity index (χ0) is 14.4. The van der Waals surface area contributed by atoms with Gasteiger partial charge in [0, 0.05) is 26.2 Å². The van der Waals surface area contributed by atoms with Gasteiger partial charge in [0.25, 0.3) is 0 Å². The van der Waals surface area contributed by atoms with Crippen molar-refractivity contribution in [3.63, 3.8) is 0 Å². The second-order valence-electron chi connectivity index (χ2n) is 6.49. The molecule has 0 aromatic carbocycles. The predicted octanol–water partition coefficient (Wildman–Crippen LogP) is 0.745. The molecule has 0 aromatic rings. The van der Waals surface area contributed by atoms with Gasteiger partial charge < -0.3 is 9.64 Å². The van der Waals surface area contributed by atoms with Crippen LogP contribution in [0.25, 0.3) is 0 Å². The quantitative estimate of drug-likeness (QED) is 0.714.